The lowest BCUT2D eigenvalue weighted by atomic mass is 9.79. The van der Waals surface area contributed by atoms with Crippen LogP contribution in [0.5, 0.6) is 0 Å². The quantitative estimate of drug-likeness (QED) is 0.640. The molecular formula is C12H24Br2O2S. The number of sulfone groups is 1. The second-order valence-electron chi connectivity index (χ2n) is 5.97. The third-order valence-electron chi connectivity index (χ3n) is 3.56. The van der Waals surface area contributed by atoms with Gasteiger partial charge in [-0.25, -0.2) is 8.42 Å². The van der Waals surface area contributed by atoms with Crippen molar-refractivity contribution < 1.29 is 8.42 Å². The minimum Gasteiger partial charge on any atom is -0.228 e. The molecule has 0 radical (unpaired) electrons. The van der Waals surface area contributed by atoms with Gasteiger partial charge in [0.2, 0.25) is 0 Å². The molecule has 0 heterocycles. The van der Waals surface area contributed by atoms with Crippen LogP contribution in [0.15, 0.2) is 0 Å². The molecule has 0 aromatic heterocycles. The smallest absolute Gasteiger partial charge is 0.155 e. The molecule has 0 aliphatic rings. The Morgan fingerprint density at radius 3 is 1.71 bits per heavy atom. The standard InChI is InChI=1S/C12H24Br2O2S/c1-10(2)12(8-13,9-14)6-7-17(15,16)11(3,4)5/h10H,6-9H2,1-5H3. The van der Waals surface area contributed by atoms with Gasteiger partial charge in [-0.15, -0.1) is 0 Å². The zero-order chi connectivity index (χ0) is 13.9. The fraction of sp³-hybridized carbons (Fsp3) is 1.00. The molecule has 0 amide bonds. The molecule has 0 bridgehead atoms. The average molecular weight is 392 g/mol. The average Bonchev–Trinajstić information content (AvgIpc) is 2.17. The summed E-state index contributed by atoms with van der Waals surface area (Å²) in [5.74, 6) is 0.697. The van der Waals surface area contributed by atoms with E-state index in [1.165, 1.54) is 0 Å². The van der Waals surface area contributed by atoms with Crippen molar-refractivity contribution in [2.45, 2.75) is 45.8 Å². The number of halogens is 2. The van der Waals surface area contributed by atoms with Crippen molar-refractivity contribution in [3.05, 3.63) is 0 Å². The summed E-state index contributed by atoms with van der Waals surface area (Å²) in [4.78, 5) is 0. The SMILES string of the molecule is CC(C)C(CBr)(CBr)CCS(=O)(=O)C(C)(C)C. The first-order chi connectivity index (χ1) is 7.52. The van der Waals surface area contributed by atoms with E-state index >= 15 is 0 Å². The molecule has 0 fully saturated rings. The van der Waals surface area contributed by atoms with Crippen LogP contribution in [0.3, 0.4) is 0 Å². The highest BCUT2D eigenvalue weighted by molar-refractivity contribution is 9.09. The van der Waals surface area contributed by atoms with E-state index in [4.69, 9.17) is 0 Å². The number of rotatable bonds is 6. The molecule has 0 saturated heterocycles. The van der Waals surface area contributed by atoms with E-state index in [0.29, 0.717) is 12.3 Å². The maximum absolute atomic E-state index is 12.1. The van der Waals surface area contributed by atoms with Crippen molar-refractivity contribution in [3.8, 4) is 0 Å². The van der Waals surface area contributed by atoms with Crippen molar-refractivity contribution in [2.24, 2.45) is 11.3 Å². The summed E-state index contributed by atoms with van der Waals surface area (Å²) >= 11 is 7.05. The fourth-order valence-electron chi connectivity index (χ4n) is 1.41. The van der Waals surface area contributed by atoms with Crippen LogP contribution in [0.4, 0.5) is 0 Å². The summed E-state index contributed by atoms with van der Waals surface area (Å²) in [7, 11) is -3.03. The summed E-state index contributed by atoms with van der Waals surface area (Å²) in [6.07, 6.45) is 0.695. The lowest BCUT2D eigenvalue weighted by molar-refractivity contribution is 0.260. The van der Waals surface area contributed by atoms with E-state index in [9.17, 15) is 8.42 Å². The Bertz CT molecular complexity index is 325. The summed E-state index contributed by atoms with van der Waals surface area (Å²) in [6, 6.07) is 0. The lowest BCUT2D eigenvalue weighted by Crippen LogP contribution is -2.37. The zero-order valence-corrected chi connectivity index (χ0v) is 15.4. The predicted molar refractivity (Wildman–Crippen MR) is 83.0 cm³/mol. The Hall–Kier alpha value is 0.910. The largest absolute Gasteiger partial charge is 0.228 e. The lowest BCUT2D eigenvalue weighted by Gasteiger charge is -2.35. The van der Waals surface area contributed by atoms with E-state index in [1.807, 2.05) is 0 Å². The third-order valence-corrected chi connectivity index (χ3v) is 8.40. The molecule has 0 rings (SSSR count). The van der Waals surface area contributed by atoms with E-state index in [1.54, 1.807) is 20.8 Å². The summed E-state index contributed by atoms with van der Waals surface area (Å²) < 4.78 is 23.6. The molecule has 0 aromatic rings. The van der Waals surface area contributed by atoms with Crippen molar-refractivity contribution in [1.29, 1.82) is 0 Å². The highest BCUT2D eigenvalue weighted by Gasteiger charge is 2.36. The molecule has 104 valence electrons. The van der Waals surface area contributed by atoms with Gasteiger partial charge in [0.15, 0.2) is 9.84 Å². The molecule has 0 aliphatic heterocycles. The minimum absolute atomic E-state index is 0.0122. The maximum Gasteiger partial charge on any atom is 0.155 e. The first-order valence-electron chi connectivity index (χ1n) is 5.86. The van der Waals surface area contributed by atoms with Gasteiger partial charge in [0.25, 0.3) is 0 Å². The second-order valence-corrected chi connectivity index (χ2v) is 9.95. The minimum atomic E-state index is -3.03. The normalized spacial score (nSPS) is 14.4. The fourth-order valence-corrected chi connectivity index (χ4v) is 5.48. The Morgan fingerprint density at radius 2 is 1.47 bits per heavy atom. The van der Waals surface area contributed by atoms with Gasteiger partial charge in [-0.05, 0) is 38.5 Å². The third kappa shape index (κ3) is 4.50. The van der Waals surface area contributed by atoms with Crippen LogP contribution in [-0.4, -0.2) is 29.6 Å². The Kier molecular flexibility index (Phi) is 6.72. The highest BCUT2D eigenvalue weighted by atomic mass is 79.9. The zero-order valence-electron chi connectivity index (χ0n) is 11.4. The number of alkyl halides is 2. The van der Waals surface area contributed by atoms with Crippen molar-refractivity contribution in [3.63, 3.8) is 0 Å². The monoisotopic (exact) mass is 390 g/mol. The van der Waals surface area contributed by atoms with Gasteiger partial charge in [-0.3, -0.25) is 0 Å². The molecule has 0 spiro atoms. The van der Waals surface area contributed by atoms with Gasteiger partial charge < -0.3 is 0 Å². The second kappa shape index (κ2) is 6.38. The maximum atomic E-state index is 12.1. The van der Waals surface area contributed by atoms with E-state index < -0.39 is 14.6 Å². The first kappa shape index (κ1) is 17.9. The molecule has 17 heavy (non-hydrogen) atoms. The van der Waals surface area contributed by atoms with Gasteiger partial charge in [0, 0.05) is 10.7 Å². The number of hydrogen-bond donors (Lipinski definition) is 0. The van der Waals surface area contributed by atoms with Crippen molar-refractivity contribution >= 4 is 41.7 Å². The van der Waals surface area contributed by atoms with Gasteiger partial charge in [-0.2, -0.15) is 0 Å². The van der Waals surface area contributed by atoms with Crippen molar-refractivity contribution in [1.82, 2.24) is 0 Å². The molecule has 0 saturated carbocycles. The van der Waals surface area contributed by atoms with Gasteiger partial charge in [0.05, 0.1) is 10.5 Å². The summed E-state index contributed by atoms with van der Waals surface area (Å²) in [6.45, 7) is 9.59. The van der Waals surface area contributed by atoms with E-state index in [-0.39, 0.29) is 11.2 Å². The molecule has 0 aliphatic carbocycles. The first-order valence-corrected chi connectivity index (χ1v) is 9.76. The molecule has 5 heteroatoms. The molecule has 0 N–H and O–H groups in total. The predicted octanol–water partition coefficient (Wildman–Crippen LogP) is 4.02. The van der Waals surface area contributed by atoms with Crippen LogP contribution in [-0.2, 0) is 9.84 Å². The highest BCUT2D eigenvalue weighted by Crippen LogP contribution is 2.37. The van der Waals surface area contributed by atoms with Crippen LogP contribution in [0.2, 0.25) is 0 Å². The van der Waals surface area contributed by atoms with E-state index in [0.717, 1.165) is 10.7 Å². The van der Waals surface area contributed by atoms with Crippen LogP contribution in [0.25, 0.3) is 0 Å². The van der Waals surface area contributed by atoms with Crippen LogP contribution in [0, 0.1) is 11.3 Å². The van der Waals surface area contributed by atoms with Crippen LogP contribution in [0.1, 0.15) is 41.0 Å². The van der Waals surface area contributed by atoms with Gasteiger partial charge in [0.1, 0.15) is 0 Å². The summed E-state index contributed by atoms with van der Waals surface area (Å²) in [5.41, 5.74) is 0.0122. The molecule has 0 atom stereocenters. The topological polar surface area (TPSA) is 34.1 Å². The van der Waals surface area contributed by atoms with Gasteiger partial charge >= 0.3 is 0 Å². The summed E-state index contributed by atoms with van der Waals surface area (Å²) in [5, 5.41) is 1.64. The van der Waals surface area contributed by atoms with E-state index in [2.05, 4.69) is 45.7 Å². The van der Waals surface area contributed by atoms with Crippen molar-refractivity contribution in [2.75, 3.05) is 16.4 Å². The molecular weight excluding hydrogens is 368 g/mol. The van der Waals surface area contributed by atoms with Gasteiger partial charge in [-0.1, -0.05) is 45.7 Å². The Morgan fingerprint density at radius 1 is 1.06 bits per heavy atom. The Balaban J connectivity index is 4.87. The van der Waals surface area contributed by atoms with Crippen LogP contribution >= 0.6 is 31.9 Å². The molecule has 0 aromatic carbocycles. The van der Waals surface area contributed by atoms with Crippen LogP contribution < -0.4 is 0 Å². The Labute approximate surface area is 123 Å². The number of hydrogen-bond acceptors (Lipinski definition) is 2. The molecule has 2 nitrogen and oxygen atoms in total. The molecule has 0 unspecified atom stereocenters.